The average molecular weight is 254 g/mol. The fraction of sp³-hybridized carbons (Fsp3) is 0.500. The molecule has 0 aliphatic carbocycles. The number of likely N-dealkylation sites (tertiary alicyclic amines) is 1. The lowest BCUT2D eigenvalue weighted by Gasteiger charge is -2.32. The molecule has 0 bridgehead atoms. The number of hydrogen-bond donors (Lipinski definition) is 0. The first-order valence-electron chi connectivity index (χ1n) is 5.81. The highest BCUT2D eigenvalue weighted by Crippen LogP contribution is 2.24. The second-order valence-electron chi connectivity index (χ2n) is 4.43. The van der Waals surface area contributed by atoms with Crippen LogP contribution in [-0.2, 0) is 0 Å². The zero-order chi connectivity index (χ0) is 13.1. The van der Waals surface area contributed by atoms with Crippen LogP contribution in [0.4, 0.5) is 10.1 Å². The van der Waals surface area contributed by atoms with E-state index in [1.807, 2.05) is 0 Å². The Morgan fingerprint density at radius 2 is 2.11 bits per heavy atom. The third-order valence-corrected chi connectivity index (χ3v) is 3.09. The molecule has 5 nitrogen and oxygen atoms in total. The molecule has 0 amide bonds. The molecule has 2 atom stereocenters. The van der Waals surface area contributed by atoms with Gasteiger partial charge >= 0.3 is 0 Å². The van der Waals surface area contributed by atoms with Gasteiger partial charge in [0.25, 0.3) is 5.69 Å². The van der Waals surface area contributed by atoms with Gasteiger partial charge in [0.05, 0.1) is 4.92 Å². The van der Waals surface area contributed by atoms with Gasteiger partial charge < -0.3 is 4.74 Å². The second kappa shape index (κ2) is 5.30. The van der Waals surface area contributed by atoms with Crippen LogP contribution in [0.3, 0.4) is 0 Å². The van der Waals surface area contributed by atoms with Crippen molar-refractivity contribution in [3.8, 4) is 5.75 Å². The van der Waals surface area contributed by atoms with E-state index >= 15 is 0 Å². The van der Waals surface area contributed by atoms with E-state index in [2.05, 4.69) is 0 Å². The second-order valence-corrected chi connectivity index (χ2v) is 4.43. The number of nitro benzene ring substituents is 1. The summed E-state index contributed by atoms with van der Waals surface area (Å²) in [6.45, 7) is 0.652. The molecule has 1 aromatic rings. The summed E-state index contributed by atoms with van der Waals surface area (Å²) in [7, 11) is 1.74. The molecule has 2 rings (SSSR count). The minimum atomic E-state index is -0.984. The Morgan fingerprint density at radius 3 is 2.67 bits per heavy atom. The highest BCUT2D eigenvalue weighted by Gasteiger charge is 2.26. The van der Waals surface area contributed by atoms with Crippen molar-refractivity contribution in [1.82, 2.24) is 4.90 Å². The zero-order valence-electron chi connectivity index (χ0n) is 10.1. The number of piperidine rings is 1. The van der Waals surface area contributed by atoms with Gasteiger partial charge in [0.1, 0.15) is 11.9 Å². The van der Waals surface area contributed by atoms with E-state index in [0.717, 1.165) is 6.42 Å². The van der Waals surface area contributed by atoms with Crippen LogP contribution in [0.1, 0.15) is 12.8 Å². The largest absolute Gasteiger partial charge is 0.490 e. The summed E-state index contributed by atoms with van der Waals surface area (Å²) in [4.78, 5) is 11.7. The fourth-order valence-corrected chi connectivity index (χ4v) is 1.95. The van der Waals surface area contributed by atoms with Crippen molar-refractivity contribution in [1.29, 1.82) is 0 Å². The van der Waals surface area contributed by atoms with Crippen molar-refractivity contribution in [3.05, 3.63) is 34.4 Å². The summed E-state index contributed by atoms with van der Waals surface area (Å²) < 4.78 is 19.1. The molecular weight excluding hydrogens is 239 g/mol. The van der Waals surface area contributed by atoms with Gasteiger partial charge in [-0.15, -0.1) is 0 Å². The summed E-state index contributed by atoms with van der Waals surface area (Å²) in [5.74, 6) is 0.544. The standard InChI is InChI=1S/C12H15FN2O3/c1-14-7-6-11(8-12(14)13)18-10-4-2-9(3-5-10)15(16)17/h2-5,11-12H,6-8H2,1H3. The van der Waals surface area contributed by atoms with E-state index in [0.29, 0.717) is 18.7 Å². The van der Waals surface area contributed by atoms with Crippen molar-refractivity contribution >= 4 is 5.69 Å². The molecule has 1 aliphatic heterocycles. The van der Waals surface area contributed by atoms with E-state index in [1.165, 1.54) is 12.1 Å². The van der Waals surface area contributed by atoms with Crippen LogP contribution in [0.2, 0.25) is 0 Å². The maximum atomic E-state index is 13.5. The summed E-state index contributed by atoms with van der Waals surface area (Å²) in [5, 5.41) is 10.5. The lowest BCUT2D eigenvalue weighted by Crippen LogP contribution is -2.41. The number of rotatable bonds is 3. The minimum Gasteiger partial charge on any atom is -0.490 e. The smallest absolute Gasteiger partial charge is 0.269 e. The van der Waals surface area contributed by atoms with Crippen molar-refractivity contribution in [2.45, 2.75) is 25.2 Å². The number of benzene rings is 1. The molecule has 1 aromatic carbocycles. The fourth-order valence-electron chi connectivity index (χ4n) is 1.95. The molecule has 2 unspecified atom stereocenters. The van der Waals surface area contributed by atoms with E-state index in [4.69, 9.17) is 4.74 Å². The Bertz CT molecular complexity index is 424. The Kier molecular flexibility index (Phi) is 3.76. The quantitative estimate of drug-likeness (QED) is 0.472. The van der Waals surface area contributed by atoms with Gasteiger partial charge in [-0.1, -0.05) is 0 Å². The van der Waals surface area contributed by atoms with Crippen molar-refractivity contribution < 1.29 is 14.1 Å². The number of non-ortho nitro benzene ring substituents is 1. The molecule has 1 fully saturated rings. The summed E-state index contributed by atoms with van der Waals surface area (Å²) in [6, 6.07) is 5.86. The molecule has 0 spiro atoms. The lowest BCUT2D eigenvalue weighted by molar-refractivity contribution is -0.384. The maximum absolute atomic E-state index is 13.5. The van der Waals surface area contributed by atoms with Gasteiger partial charge in [-0.25, -0.2) is 4.39 Å². The molecule has 0 saturated carbocycles. The normalized spacial score (nSPS) is 24.8. The van der Waals surface area contributed by atoms with Gasteiger partial charge in [-0.3, -0.25) is 15.0 Å². The Balaban J connectivity index is 1.95. The van der Waals surface area contributed by atoms with Gasteiger partial charge in [0.2, 0.25) is 0 Å². The highest BCUT2D eigenvalue weighted by atomic mass is 19.1. The van der Waals surface area contributed by atoms with Gasteiger partial charge in [0, 0.05) is 25.1 Å². The lowest BCUT2D eigenvalue weighted by atomic mass is 10.1. The molecule has 1 aliphatic rings. The molecule has 1 heterocycles. The van der Waals surface area contributed by atoms with Crippen LogP contribution < -0.4 is 4.74 Å². The molecule has 0 aromatic heterocycles. The number of nitrogens with zero attached hydrogens (tertiary/aromatic N) is 2. The third-order valence-electron chi connectivity index (χ3n) is 3.09. The number of alkyl halides is 1. The highest BCUT2D eigenvalue weighted by molar-refractivity contribution is 5.36. The number of nitro groups is 1. The van der Waals surface area contributed by atoms with E-state index in [9.17, 15) is 14.5 Å². The van der Waals surface area contributed by atoms with Crippen LogP contribution in [0, 0.1) is 10.1 Å². The number of hydrogen-bond acceptors (Lipinski definition) is 4. The molecule has 0 radical (unpaired) electrons. The predicted molar refractivity (Wildman–Crippen MR) is 64.3 cm³/mol. The maximum Gasteiger partial charge on any atom is 0.269 e. The Hall–Kier alpha value is -1.69. The SMILES string of the molecule is CN1CCC(Oc2ccc([N+](=O)[O-])cc2)CC1F. The first-order valence-corrected chi connectivity index (χ1v) is 5.81. The third kappa shape index (κ3) is 2.95. The summed E-state index contributed by atoms with van der Waals surface area (Å²) >= 11 is 0. The molecule has 98 valence electrons. The molecule has 18 heavy (non-hydrogen) atoms. The first kappa shape index (κ1) is 12.8. The van der Waals surface area contributed by atoms with Crippen LogP contribution in [0.5, 0.6) is 5.75 Å². The van der Waals surface area contributed by atoms with E-state index in [-0.39, 0.29) is 11.8 Å². The average Bonchev–Trinajstić information content (AvgIpc) is 2.34. The van der Waals surface area contributed by atoms with Gasteiger partial charge in [-0.2, -0.15) is 0 Å². The van der Waals surface area contributed by atoms with E-state index in [1.54, 1.807) is 24.1 Å². The number of halogens is 1. The van der Waals surface area contributed by atoms with Crippen LogP contribution >= 0.6 is 0 Å². The van der Waals surface area contributed by atoms with Crippen molar-refractivity contribution in [2.75, 3.05) is 13.6 Å². The van der Waals surface area contributed by atoms with Crippen LogP contribution in [0.25, 0.3) is 0 Å². The molecule has 1 saturated heterocycles. The summed E-state index contributed by atoms with van der Waals surface area (Å²) in [6.07, 6.45) is -0.0686. The zero-order valence-corrected chi connectivity index (χ0v) is 10.1. The summed E-state index contributed by atoms with van der Waals surface area (Å²) in [5.41, 5.74) is 0.0223. The van der Waals surface area contributed by atoms with E-state index < -0.39 is 11.2 Å². The topological polar surface area (TPSA) is 55.6 Å². The first-order chi connectivity index (χ1) is 8.56. The molecule has 6 heteroatoms. The van der Waals surface area contributed by atoms with Crippen LogP contribution in [0.15, 0.2) is 24.3 Å². The van der Waals surface area contributed by atoms with Crippen LogP contribution in [-0.4, -0.2) is 35.8 Å². The number of ether oxygens (including phenoxy) is 1. The molecule has 0 N–H and O–H groups in total. The van der Waals surface area contributed by atoms with Crippen molar-refractivity contribution in [2.24, 2.45) is 0 Å². The minimum absolute atomic E-state index is 0.0223. The Labute approximate surface area is 104 Å². The molecular formula is C12H15FN2O3. The van der Waals surface area contributed by atoms with Gasteiger partial charge in [0.15, 0.2) is 6.30 Å². The van der Waals surface area contributed by atoms with Gasteiger partial charge in [-0.05, 0) is 25.6 Å². The monoisotopic (exact) mass is 254 g/mol. The predicted octanol–water partition coefficient (Wildman–Crippen LogP) is 2.36. The van der Waals surface area contributed by atoms with Crippen molar-refractivity contribution in [3.63, 3.8) is 0 Å². The Morgan fingerprint density at radius 1 is 1.44 bits per heavy atom.